The second kappa shape index (κ2) is 7.25. The van der Waals surface area contributed by atoms with Crippen LogP contribution in [0, 0.1) is 11.3 Å². The fourth-order valence-electron chi connectivity index (χ4n) is 3.89. The average molecular weight is 296 g/mol. The number of amides is 1. The molecule has 2 fully saturated rings. The zero-order valence-electron chi connectivity index (χ0n) is 13.1. The van der Waals surface area contributed by atoms with Crippen molar-refractivity contribution in [2.24, 2.45) is 11.3 Å². The molecule has 1 saturated heterocycles. The summed E-state index contributed by atoms with van der Waals surface area (Å²) in [5.74, 6) is -0.199. The maximum Gasteiger partial charge on any atom is 0.303 e. The lowest BCUT2D eigenvalue weighted by molar-refractivity contribution is -0.141. The Balaban J connectivity index is 1.81. The Hall–Kier alpha value is -1.10. The standard InChI is InChI=1S/C16H28N2O3/c1-18-8-5-13(12-18)11-17-14(19)9-16(10-15(20)21)6-3-2-4-7-16/h13H,2-12H2,1H3,(H,17,19)(H,20,21). The molecule has 0 spiro atoms. The van der Waals surface area contributed by atoms with Gasteiger partial charge in [-0.05, 0) is 44.2 Å². The van der Waals surface area contributed by atoms with Crippen LogP contribution in [0.5, 0.6) is 0 Å². The number of carbonyl (C=O) groups excluding carboxylic acids is 1. The lowest BCUT2D eigenvalue weighted by Gasteiger charge is -2.35. The number of carboxylic acid groups (broad SMARTS) is 1. The van der Waals surface area contributed by atoms with Crippen LogP contribution < -0.4 is 5.32 Å². The van der Waals surface area contributed by atoms with Gasteiger partial charge in [0.05, 0.1) is 6.42 Å². The van der Waals surface area contributed by atoms with E-state index in [-0.39, 0.29) is 17.7 Å². The molecule has 0 bridgehead atoms. The minimum atomic E-state index is -0.776. The minimum absolute atomic E-state index is 0.0349. The van der Waals surface area contributed by atoms with E-state index < -0.39 is 5.97 Å². The lowest BCUT2D eigenvalue weighted by atomic mass is 9.69. The summed E-state index contributed by atoms with van der Waals surface area (Å²) < 4.78 is 0. The first-order valence-electron chi connectivity index (χ1n) is 8.16. The Morgan fingerprint density at radius 2 is 1.95 bits per heavy atom. The van der Waals surface area contributed by atoms with Crippen molar-refractivity contribution in [1.82, 2.24) is 10.2 Å². The highest BCUT2D eigenvalue weighted by Gasteiger charge is 2.36. The molecule has 120 valence electrons. The van der Waals surface area contributed by atoms with Crippen molar-refractivity contribution >= 4 is 11.9 Å². The van der Waals surface area contributed by atoms with Gasteiger partial charge in [0.15, 0.2) is 0 Å². The zero-order valence-corrected chi connectivity index (χ0v) is 13.1. The molecule has 21 heavy (non-hydrogen) atoms. The van der Waals surface area contributed by atoms with Crippen molar-refractivity contribution in [2.75, 3.05) is 26.7 Å². The molecule has 1 heterocycles. The SMILES string of the molecule is CN1CCC(CNC(=O)CC2(CC(=O)O)CCCCC2)C1. The van der Waals surface area contributed by atoms with E-state index in [1.54, 1.807) is 0 Å². The quantitative estimate of drug-likeness (QED) is 0.785. The number of hydrogen-bond acceptors (Lipinski definition) is 3. The number of aliphatic carboxylic acids is 1. The van der Waals surface area contributed by atoms with E-state index >= 15 is 0 Å². The first-order valence-corrected chi connectivity index (χ1v) is 8.16. The van der Waals surface area contributed by atoms with Gasteiger partial charge in [-0.1, -0.05) is 19.3 Å². The molecule has 1 amide bonds. The normalized spacial score (nSPS) is 25.7. The Kier molecular flexibility index (Phi) is 5.62. The van der Waals surface area contributed by atoms with Crippen molar-refractivity contribution in [3.63, 3.8) is 0 Å². The predicted octanol–water partition coefficient (Wildman–Crippen LogP) is 1.87. The average Bonchev–Trinajstić information content (AvgIpc) is 2.82. The maximum atomic E-state index is 12.2. The van der Waals surface area contributed by atoms with Gasteiger partial charge in [0.2, 0.25) is 5.91 Å². The van der Waals surface area contributed by atoms with Gasteiger partial charge in [0.1, 0.15) is 0 Å². The van der Waals surface area contributed by atoms with Crippen LogP contribution in [0.2, 0.25) is 0 Å². The number of rotatable bonds is 6. The molecule has 2 aliphatic rings. The van der Waals surface area contributed by atoms with E-state index in [0.717, 1.165) is 58.2 Å². The molecule has 1 atom stereocenters. The number of nitrogens with one attached hydrogen (secondary N) is 1. The molecule has 5 heteroatoms. The van der Waals surface area contributed by atoms with Crippen LogP contribution in [-0.4, -0.2) is 48.6 Å². The summed E-state index contributed by atoms with van der Waals surface area (Å²) in [6.45, 7) is 2.87. The summed E-state index contributed by atoms with van der Waals surface area (Å²) in [4.78, 5) is 25.6. The molecule has 0 aromatic carbocycles. The van der Waals surface area contributed by atoms with Gasteiger partial charge in [0.25, 0.3) is 0 Å². The number of likely N-dealkylation sites (tertiary alicyclic amines) is 1. The van der Waals surface area contributed by atoms with E-state index in [2.05, 4.69) is 17.3 Å². The van der Waals surface area contributed by atoms with Gasteiger partial charge < -0.3 is 15.3 Å². The number of carbonyl (C=O) groups is 2. The maximum absolute atomic E-state index is 12.2. The van der Waals surface area contributed by atoms with Crippen LogP contribution in [0.4, 0.5) is 0 Å². The predicted molar refractivity (Wildman–Crippen MR) is 81.0 cm³/mol. The lowest BCUT2D eigenvalue weighted by Crippen LogP contribution is -2.37. The summed E-state index contributed by atoms with van der Waals surface area (Å²) in [6, 6.07) is 0. The highest BCUT2D eigenvalue weighted by atomic mass is 16.4. The monoisotopic (exact) mass is 296 g/mol. The van der Waals surface area contributed by atoms with Gasteiger partial charge in [-0.2, -0.15) is 0 Å². The van der Waals surface area contributed by atoms with Crippen LogP contribution in [0.25, 0.3) is 0 Å². The summed E-state index contributed by atoms with van der Waals surface area (Å²) in [5.41, 5.74) is -0.305. The molecule has 0 aromatic heterocycles. The largest absolute Gasteiger partial charge is 0.481 e. The summed E-state index contributed by atoms with van der Waals surface area (Å²) in [5, 5.41) is 12.2. The third kappa shape index (κ3) is 4.99. The van der Waals surface area contributed by atoms with Gasteiger partial charge in [-0.3, -0.25) is 9.59 Å². The van der Waals surface area contributed by atoms with Crippen molar-refractivity contribution in [3.05, 3.63) is 0 Å². The van der Waals surface area contributed by atoms with E-state index in [9.17, 15) is 9.59 Å². The molecule has 0 aromatic rings. The van der Waals surface area contributed by atoms with Gasteiger partial charge in [-0.15, -0.1) is 0 Å². The first kappa shape index (κ1) is 16.3. The van der Waals surface area contributed by atoms with Crippen LogP contribution >= 0.6 is 0 Å². The molecular weight excluding hydrogens is 268 g/mol. The summed E-state index contributed by atoms with van der Waals surface area (Å²) in [7, 11) is 2.10. The minimum Gasteiger partial charge on any atom is -0.481 e. The third-order valence-electron chi connectivity index (χ3n) is 5.05. The molecule has 1 aliphatic carbocycles. The number of hydrogen-bond donors (Lipinski definition) is 2. The van der Waals surface area contributed by atoms with Crippen molar-refractivity contribution in [2.45, 2.75) is 51.4 Å². The van der Waals surface area contributed by atoms with Crippen LogP contribution in [0.1, 0.15) is 51.4 Å². The van der Waals surface area contributed by atoms with Crippen LogP contribution in [0.15, 0.2) is 0 Å². The molecule has 0 radical (unpaired) electrons. The van der Waals surface area contributed by atoms with Crippen molar-refractivity contribution in [3.8, 4) is 0 Å². The Labute approximate surface area is 127 Å². The molecule has 1 saturated carbocycles. The molecule has 2 rings (SSSR count). The second-order valence-electron chi connectivity index (χ2n) is 7.03. The molecular formula is C16H28N2O3. The molecule has 2 N–H and O–H groups in total. The molecule has 5 nitrogen and oxygen atoms in total. The smallest absolute Gasteiger partial charge is 0.303 e. The Bertz CT molecular complexity index is 378. The zero-order chi connectivity index (χ0) is 15.3. The van der Waals surface area contributed by atoms with E-state index in [1.807, 2.05) is 0 Å². The van der Waals surface area contributed by atoms with Gasteiger partial charge >= 0.3 is 5.97 Å². The fraction of sp³-hybridized carbons (Fsp3) is 0.875. The first-order chi connectivity index (χ1) is 9.99. The topological polar surface area (TPSA) is 69.6 Å². The molecule has 1 unspecified atom stereocenters. The van der Waals surface area contributed by atoms with E-state index in [1.165, 1.54) is 0 Å². The van der Waals surface area contributed by atoms with E-state index in [0.29, 0.717) is 12.3 Å². The van der Waals surface area contributed by atoms with Crippen LogP contribution in [-0.2, 0) is 9.59 Å². The molecule has 1 aliphatic heterocycles. The van der Waals surface area contributed by atoms with Gasteiger partial charge in [0, 0.05) is 19.5 Å². The number of nitrogens with zero attached hydrogens (tertiary/aromatic N) is 1. The highest BCUT2D eigenvalue weighted by Crippen LogP contribution is 2.42. The summed E-state index contributed by atoms with van der Waals surface area (Å²) in [6.07, 6.45) is 6.66. The highest BCUT2D eigenvalue weighted by molar-refractivity contribution is 5.78. The second-order valence-corrected chi connectivity index (χ2v) is 7.03. The van der Waals surface area contributed by atoms with E-state index in [4.69, 9.17) is 5.11 Å². The fourth-order valence-corrected chi connectivity index (χ4v) is 3.89. The van der Waals surface area contributed by atoms with Crippen LogP contribution in [0.3, 0.4) is 0 Å². The van der Waals surface area contributed by atoms with Gasteiger partial charge in [-0.25, -0.2) is 0 Å². The summed E-state index contributed by atoms with van der Waals surface area (Å²) >= 11 is 0. The Morgan fingerprint density at radius 3 is 2.52 bits per heavy atom. The number of carboxylic acids is 1. The Morgan fingerprint density at radius 1 is 1.24 bits per heavy atom. The van der Waals surface area contributed by atoms with Crippen molar-refractivity contribution < 1.29 is 14.7 Å². The third-order valence-corrected chi connectivity index (χ3v) is 5.05. The van der Waals surface area contributed by atoms with Crippen molar-refractivity contribution in [1.29, 1.82) is 0 Å².